The zero-order valence-corrected chi connectivity index (χ0v) is 19.8. The minimum Gasteiger partial charge on any atom is -0.479 e. The average molecular weight is 512 g/mol. The Labute approximate surface area is 202 Å². The second-order valence-electron chi connectivity index (χ2n) is 6.62. The monoisotopic (exact) mass is 510 g/mol. The van der Waals surface area contributed by atoms with Crippen LogP contribution < -0.4 is 10.1 Å². The molecule has 0 aliphatic rings. The number of rotatable bonds is 5. The number of carbonyl (C=O) groups is 1. The van der Waals surface area contributed by atoms with Gasteiger partial charge in [-0.2, -0.15) is 0 Å². The Morgan fingerprint density at radius 1 is 1.00 bits per heavy atom. The molecule has 158 valence electrons. The Morgan fingerprint density at radius 3 is 2.48 bits per heavy atom. The number of amides is 1. The Morgan fingerprint density at radius 2 is 1.74 bits per heavy atom. The molecular weight excluding hydrogens is 498 g/mol. The first kappa shape index (κ1) is 22.2. The van der Waals surface area contributed by atoms with E-state index in [0.717, 1.165) is 10.2 Å². The maximum absolute atomic E-state index is 12.9. The second kappa shape index (κ2) is 9.23. The zero-order chi connectivity index (χ0) is 22.1. The predicted molar refractivity (Wildman–Crippen MR) is 130 cm³/mol. The largest absolute Gasteiger partial charge is 0.479 e. The fourth-order valence-electron chi connectivity index (χ4n) is 2.90. The number of fused-ring (bicyclic) bond motifs is 1. The minimum atomic E-state index is -0.853. The lowest BCUT2D eigenvalue weighted by Crippen LogP contribution is -2.30. The Hall–Kier alpha value is -2.02. The summed E-state index contributed by atoms with van der Waals surface area (Å²) in [6.07, 6.45) is -0.853. The third-order valence-corrected chi connectivity index (χ3v) is 6.51. The van der Waals surface area contributed by atoms with Crippen LogP contribution in [0.25, 0.3) is 20.8 Å². The van der Waals surface area contributed by atoms with Crippen molar-refractivity contribution >= 4 is 79.6 Å². The van der Waals surface area contributed by atoms with Gasteiger partial charge in [0.2, 0.25) is 0 Å². The molecule has 1 amide bonds. The number of para-hydroxylation sites is 1. The Kier molecular flexibility index (Phi) is 6.60. The predicted octanol–water partition coefficient (Wildman–Crippen LogP) is 7.98. The number of carbonyl (C=O) groups excluding carboxylic acids is 1. The molecule has 4 nitrogen and oxygen atoms in total. The van der Waals surface area contributed by atoms with Gasteiger partial charge >= 0.3 is 0 Å². The van der Waals surface area contributed by atoms with Gasteiger partial charge in [-0.15, -0.1) is 11.3 Å². The topological polar surface area (TPSA) is 51.2 Å². The van der Waals surface area contributed by atoms with Gasteiger partial charge in [0, 0.05) is 15.6 Å². The molecule has 1 atom stereocenters. The smallest absolute Gasteiger partial charge is 0.265 e. The van der Waals surface area contributed by atoms with Crippen molar-refractivity contribution in [2.45, 2.75) is 13.0 Å². The van der Waals surface area contributed by atoms with Gasteiger partial charge in [-0.3, -0.25) is 4.79 Å². The molecule has 0 aliphatic carbocycles. The number of hydrogen-bond acceptors (Lipinski definition) is 4. The normalized spacial score (nSPS) is 12.0. The number of benzene rings is 3. The fraction of sp³-hybridized carbons (Fsp3) is 0.0909. The first-order valence-corrected chi connectivity index (χ1v) is 11.4. The highest BCUT2D eigenvalue weighted by Crippen LogP contribution is 2.40. The maximum atomic E-state index is 12.9. The first-order chi connectivity index (χ1) is 14.8. The molecule has 0 radical (unpaired) electrons. The summed E-state index contributed by atoms with van der Waals surface area (Å²) in [5.41, 5.74) is 1.89. The third-order valence-electron chi connectivity index (χ3n) is 4.39. The van der Waals surface area contributed by atoms with E-state index in [1.807, 2.05) is 24.3 Å². The molecule has 0 unspecified atom stereocenters. The third kappa shape index (κ3) is 4.92. The van der Waals surface area contributed by atoms with Gasteiger partial charge in [0.05, 0.1) is 25.9 Å². The highest BCUT2D eigenvalue weighted by Gasteiger charge is 2.21. The molecule has 0 bridgehead atoms. The van der Waals surface area contributed by atoms with E-state index >= 15 is 0 Å². The van der Waals surface area contributed by atoms with E-state index in [0.29, 0.717) is 42.1 Å². The molecule has 31 heavy (non-hydrogen) atoms. The highest BCUT2D eigenvalue weighted by molar-refractivity contribution is 7.21. The van der Waals surface area contributed by atoms with Crippen LogP contribution in [0, 0.1) is 0 Å². The zero-order valence-electron chi connectivity index (χ0n) is 16.0. The van der Waals surface area contributed by atoms with Crippen molar-refractivity contribution in [1.29, 1.82) is 0 Å². The van der Waals surface area contributed by atoms with Crippen LogP contribution in [-0.4, -0.2) is 17.0 Å². The minimum absolute atomic E-state index is 0.298. The highest BCUT2D eigenvalue weighted by atomic mass is 35.5. The van der Waals surface area contributed by atoms with Crippen molar-refractivity contribution in [3.63, 3.8) is 0 Å². The van der Waals surface area contributed by atoms with Crippen LogP contribution in [0.5, 0.6) is 5.75 Å². The molecule has 0 saturated carbocycles. The Bertz CT molecular complexity index is 1260. The molecule has 1 N–H and O–H groups in total. The number of anilines is 1. The summed E-state index contributed by atoms with van der Waals surface area (Å²) < 4.78 is 6.72. The lowest BCUT2D eigenvalue weighted by atomic mass is 10.1. The van der Waals surface area contributed by atoms with Crippen LogP contribution in [-0.2, 0) is 4.79 Å². The maximum Gasteiger partial charge on any atom is 0.265 e. The van der Waals surface area contributed by atoms with Crippen molar-refractivity contribution in [1.82, 2.24) is 4.98 Å². The average Bonchev–Trinajstić information content (AvgIpc) is 3.15. The van der Waals surface area contributed by atoms with E-state index in [4.69, 9.17) is 51.1 Å². The summed E-state index contributed by atoms with van der Waals surface area (Å²) in [6.45, 7) is 1.61. The van der Waals surface area contributed by atoms with Gasteiger partial charge < -0.3 is 10.1 Å². The summed E-state index contributed by atoms with van der Waals surface area (Å²) in [7, 11) is 0. The number of halogens is 4. The van der Waals surface area contributed by atoms with Crippen LogP contribution in [0.4, 0.5) is 5.69 Å². The van der Waals surface area contributed by atoms with E-state index < -0.39 is 12.0 Å². The molecule has 9 heteroatoms. The SMILES string of the molecule is C[C@H](Oc1ccc(Cl)cc1Cl)C(=O)Nc1c(Cl)cc(Cl)cc1-c1nc2ccccc2s1. The van der Waals surface area contributed by atoms with Crippen molar-refractivity contribution in [3.05, 3.63) is 74.7 Å². The van der Waals surface area contributed by atoms with E-state index in [-0.39, 0.29) is 0 Å². The molecule has 0 aliphatic heterocycles. The van der Waals surface area contributed by atoms with Gasteiger partial charge in [-0.25, -0.2) is 4.98 Å². The summed E-state index contributed by atoms with van der Waals surface area (Å²) >= 11 is 26.2. The van der Waals surface area contributed by atoms with Crippen LogP contribution in [0.2, 0.25) is 20.1 Å². The second-order valence-corrected chi connectivity index (χ2v) is 9.34. The van der Waals surface area contributed by atoms with Gasteiger partial charge in [-0.05, 0) is 49.4 Å². The number of ether oxygens (including phenoxy) is 1. The van der Waals surface area contributed by atoms with Crippen molar-refractivity contribution in [2.24, 2.45) is 0 Å². The molecule has 4 rings (SSSR count). The summed E-state index contributed by atoms with van der Waals surface area (Å²) in [5, 5.41) is 5.06. The van der Waals surface area contributed by atoms with Gasteiger partial charge in [-0.1, -0.05) is 58.5 Å². The molecule has 4 aromatic rings. The van der Waals surface area contributed by atoms with Crippen molar-refractivity contribution in [2.75, 3.05) is 5.32 Å². The molecule has 0 saturated heterocycles. The number of aromatic nitrogens is 1. The van der Waals surface area contributed by atoms with E-state index in [1.165, 1.54) is 11.3 Å². The lowest BCUT2D eigenvalue weighted by molar-refractivity contribution is -0.122. The summed E-state index contributed by atoms with van der Waals surface area (Å²) in [6, 6.07) is 15.8. The fourth-order valence-corrected chi connectivity index (χ4v) is 4.88. The van der Waals surface area contributed by atoms with Crippen molar-refractivity contribution < 1.29 is 9.53 Å². The van der Waals surface area contributed by atoms with Crippen LogP contribution in [0.3, 0.4) is 0 Å². The molecule has 1 aromatic heterocycles. The number of nitrogens with zero attached hydrogens (tertiary/aromatic N) is 1. The first-order valence-electron chi connectivity index (χ1n) is 9.09. The van der Waals surface area contributed by atoms with Gasteiger partial charge in [0.15, 0.2) is 6.10 Å². The van der Waals surface area contributed by atoms with Gasteiger partial charge in [0.1, 0.15) is 10.8 Å². The quantitative estimate of drug-likeness (QED) is 0.295. The standard InChI is InChI=1S/C22H14Cl4N2O2S/c1-11(30-18-7-6-12(23)9-15(18)25)21(29)28-20-14(8-13(24)10-16(20)26)22-27-17-4-2-3-5-19(17)31-22/h2-11H,1H3,(H,28,29)/t11-/m0/s1. The lowest BCUT2D eigenvalue weighted by Gasteiger charge is -2.18. The van der Waals surface area contributed by atoms with Crippen LogP contribution in [0.1, 0.15) is 6.92 Å². The molecule has 0 spiro atoms. The molecule has 1 heterocycles. The Balaban J connectivity index is 1.63. The van der Waals surface area contributed by atoms with Gasteiger partial charge in [0.25, 0.3) is 5.91 Å². The van der Waals surface area contributed by atoms with E-state index in [2.05, 4.69) is 10.3 Å². The molecule has 3 aromatic carbocycles. The van der Waals surface area contributed by atoms with E-state index in [1.54, 1.807) is 37.3 Å². The summed E-state index contributed by atoms with van der Waals surface area (Å²) in [5.74, 6) is -0.0556. The van der Waals surface area contributed by atoms with Crippen LogP contribution in [0.15, 0.2) is 54.6 Å². The van der Waals surface area contributed by atoms with E-state index in [9.17, 15) is 4.79 Å². The summed E-state index contributed by atoms with van der Waals surface area (Å²) in [4.78, 5) is 17.5. The number of hydrogen-bond donors (Lipinski definition) is 1. The number of thiazole rings is 1. The van der Waals surface area contributed by atoms with Crippen molar-refractivity contribution in [3.8, 4) is 16.3 Å². The number of nitrogens with one attached hydrogen (secondary N) is 1. The molecule has 0 fully saturated rings. The molecular formula is C22H14Cl4N2O2S. The van der Waals surface area contributed by atoms with Crippen LogP contribution >= 0.6 is 57.7 Å².